The zero-order valence-corrected chi connectivity index (χ0v) is 12.1. The molecule has 0 unspecified atom stereocenters. The van der Waals surface area contributed by atoms with Crippen molar-refractivity contribution in [3.05, 3.63) is 29.8 Å². The SMILES string of the molecule is CCCOc1ccccc1C(=O)C1(CN)CCOCC1. The zero-order chi connectivity index (χ0) is 14.4. The maximum atomic E-state index is 12.9. The third-order valence-electron chi connectivity index (χ3n) is 3.92. The summed E-state index contributed by atoms with van der Waals surface area (Å²) in [6.07, 6.45) is 2.29. The first-order valence-corrected chi connectivity index (χ1v) is 7.28. The molecule has 1 aliphatic rings. The summed E-state index contributed by atoms with van der Waals surface area (Å²) in [6.45, 7) is 4.21. The molecule has 0 radical (unpaired) electrons. The Kier molecular flexibility index (Phi) is 5.15. The summed E-state index contributed by atoms with van der Waals surface area (Å²) in [4.78, 5) is 12.9. The van der Waals surface area contributed by atoms with Gasteiger partial charge in [-0.25, -0.2) is 0 Å². The highest BCUT2D eigenvalue weighted by atomic mass is 16.5. The highest BCUT2D eigenvalue weighted by molar-refractivity contribution is 6.03. The van der Waals surface area contributed by atoms with Crippen LogP contribution in [0.25, 0.3) is 0 Å². The van der Waals surface area contributed by atoms with Crippen molar-refractivity contribution in [2.75, 3.05) is 26.4 Å². The maximum Gasteiger partial charge on any atom is 0.174 e. The Labute approximate surface area is 120 Å². The predicted molar refractivity (Wildman–Crippen MR) is 78.1 cm³/mol. The molecule has 0 aromatic heterocycles. The Balaban J connectivity index is 2.27. The quantitative estimate of drug-likeness (QED) is 0.811. The van der Waals surface area contributed by atoms with E-state index >= 15 is 0 Å². The van der Waals surface area contributed by atoms with Crippen LogP contribution in [0, 0.1) is 5.41 Å². The lowest BCUT2D eigenvalue weighted by molar-refractivity contribution is 0.0198. The lowest BCUT2D eigenvalue weighted by Crippen LogP contribution is -2.43. The highest BCUT2D eigenvalue weighted by Gasteiger charge is 2.40. The van der Waals surface area contributed by atoms with Gasteiger partial charge in [-0.15, -0.1) is 0 Å². The van der Waals surface area contributed by atoms with Gasteiger partial charge in [-0.1, -0.05) is 19.1 Å². The Morgan fingerprint density at radius 3 is 2.70 bits per heavy atom. The van der Waals surface area contributed by atoms with Crippen molar-refractivity contribution in [2.24, 2.45) is 11.1 Å². The third kappa shape index (κ3) is 3.02. The van der Waals surface area contributed by atoms with Gasteiger partial charge in [0.2, 0.25) is 0 Å². The number of carbonyl (C=O) groups excluding carboxylic acids is 1. The highest BCUT2D eigenvalue weighted by Crippen LogP contribution is 2.35. The number of benzene rings is 1. The fourth-order valence-electron chi connectivity index (χ4n) is 2.56. The molecular formula is C16H23NO3. The largest absolute Gasteiger partial charge is 0.493 e. The molecule has 1 fully saturated rings. The van der Waals surface area contributed by atoms with Crippen molar-refractivity contribution < 1.29 is 14.3 Å². The van der Waals surface area contributed by atoms with Crippen LogP contribution >= 0.6 is 0 Å². The fraction of sp³-hybridized carbons (Fsp3) is 0.562. The number of ether oxygens (including phenoxy) is 2. The molecule has 4 nitrogen and oxygen atoms in total. The minimum Gasteiger partial charge on any atom is -0.493 e. The molecule has 2 N–H and O–H groups in total. The number of nitrogens with two attached hydrogens (primary N) is 1. The fourth-order valence-corrected chi connectivity index (χ4v) is 2.56. The molecule has 0 saturated carbocycles. The third-order valence-corrected chi connectivity index (χ3v) is 3.92. The summed E-state index contributed by atoms with van der Waals surface area (Å²) in [7, 11) is 0. The predicted octanol–water partition coefficient (Wildman–Crippen LogP) is 2.41. The summed E-state index contributed by atoms with van der Waals surface area (Å²) in [6, 6.07) is 7.45. The van der Waals surface area contributed by atoms with Crippen LogP contribution in [0.5, 0.6) is 5.75 Å². The van der Waals surface area contributed by atoms with Crippen LogP contribution in [0.15, 0.2) is 24.3 Å². The van der Waals surface area contributed by atoms with Crippen LogP contribution in [0.2, 0.25) is 0 Å². The number of hydrogen-bond donors (Lipinski definition) is 1. The minimum atomic E-state index is -0.496. The smallest absolute Gasteiger partial charge is 0.174 e. The van der Waals surface area contributed by atoms with E-state index in [4.69, 9.17) is 15.2 Å². The number of rotatable bonds is 6. The molecule has 110 valence electrons. The molecule has 1 aromatic rings. The Hall–Kier alpha value is -1.39. The monoisotopic (exact) mass is 277 g/mol. The first kappa shape index (κ1) is 15.0. The van der Waals surface area contributed by atoms with E-state index in [0.29, 0.717) is 50.5 Å². The van der Waals surface area contributed by atoms with Crippen molar-refractivity contribution in [1.29, 1.82) is 0 Å². The molecule has 1 aliphatic heterocycles. The first-order valence-electron chi connectivity index (χ1n) is 7.28. The van der Waals surface area contributed by atoms with Gasteiger partial charge in [0.15, 0.2) is 5.78 Å². The molecule has 2 rings (SSSR count). The van der Waals surface area contributed by atoms with E-state index in [1.807, 2.05) is 31.2 Å². The van der Waals surface area contributed by atoms with Gasteiger partial charge < -0.3 is 15.2 Å². The van der Waals surface area contributed by atoms with Gasteiger partial charge in [0.1, 0.15) is 5.75 Å². The average Bonchev–Trinajstić information content (AvgIpc) is 2.53. The van der Waals surface area contributed by atoms with Crippen LogP contribution in [0.4, 0.5) is 0 Å². The van der Waals surface area contributed by atoms with Gasteiger partial charge in [0.25, 0.3) is 0 Å². The van der Waals surface area contributed by atoms with E-state index in [9.17, 15) is 4.79 Å². The number of carbonyl (C=O) groups is 1. The Morgan fingerprint density at radius 2 is 2.05 bits per heavy atom. The van der Waals surface area contributed by atoms with E-state index in [1.165, 1.54) is 0 Å². The van der Waals surface area contributed by atoms with Crippen molar-refractivity contribution >= 4 is 5.78 Å². The summed E-state index contributed by atoms with van der Waals surface area (Å²) < 4.78 is 11.1. The van der Waals surface area contributed by atoms with E-state index < -0.39 is 5.41 Å². The van der Waals surface area contributed by atoms with Gasteiger partial charge in [-0.3, -0.25) is 4.79 Å². The van der Waals surface area contributed by atoms with Gasteiger partial charge in [-0.05, 0) is 31.4 Å². The Morgan fingerprint density at radius 1 is 1.35 bits per heavy atom. The van der Waals surface area contributed by atoms with E-state index in [0.717, 1.165) is 6.42 Å². The summed E-state index contributed by atoms with van der Waals surface area (Å²) in [5, 5.41) is 0. The zero-order valence-electron chi connectivity index (χ0n) is 12.1. The number of Topliss-reactive ketones (excluding diaryl/α,β-unsaturated/α-hetero) is 1. The minimum absolute atomic E-state index is 0.0926. The van der Waals surface area contributed by atoms with E-state index in [-0.39, 0.29) is 5.78 Å². The standard InChI is InChI=1S/C16H23NO3/c1-2-9-20-14-6-4-3-5-13(14)15(18)16(12-17)7-10-19-11-8-16/h3-6H,2,7-12,17H2,1H3. The molecule has 4 heteroatoms. The maximum absolute atomic E-state index is 12.9. The van der Waals surface area contributed by atoms with Crippen LogP contribution in [0.1, 0.15) is 36.5 Å². The molecule has 20 heavy (non-hydrogen) atoms. The van der Waals surface area contributed by atoms with Crippen molar-refractivity contribution in [3.8, 4) is 5.75 Å². The number of para-hydroxylation sites is 1. The van der Waals surface area contributed by atoms with Gasteiger partial charge in [0.05, 0.1) is 17.6 Å². The summed E-state index contributed by atoms with van der Waals surface area (Å²) >= 11 is 0. The van der Waals surface area contributed by atoms with Crippen molar-refractivity contribution in [2.45, 2.75) is 26.2 Å². The lowest BCUT2D eigenvalue weighted by atomic mass is 9.74. The van der Waals surface area contributed by atoms with Crippen molar-refractivity contribution in [1.82, 2.24) is 0 Å². The normalized spacial score (nSPS) is 17.7. The molecule has 1 heterocycles. The van der Waals surface area contributed by atoms with Crippen LogP contribution in [-0.4, -0.2) is 32.1 Å². The number of hydrogen-bond acceptors (Lipinski definition) is 4. The first-order chi connectivity index (χ1) is 9.73. The molecule has 0 bridgehead atoms. The summed E-state index contributed by atoms with van der Waals surface area (Å²) in [5.41, 5.74) is 6.06. The molecule has 1 aromatic carbocycles. The molecule has 1 saturated heterocycles. The van der Waals surface area contributed by atoms with Crippen LogP contribution in [-0.2, 0) is 4.74 Å². The van der Waals surface area contributed by atoms with Gasteiger partial charge in [-0.2, -0.15) is 0 Å². The summed E-state index contributed by atoms with van der Waals surface area (Å²) in [5.74, 6) is 0.758. The topological polar surface area (TPSA) is 61.5 Å². The van der Waals surface area contributed by atoms with Crippen LogP contribution < -0.4 is 10.5 Å². The number of ketones is 1. The molecule has 0 spiro atoms. The second kappa shape index (κ2) is 6.86. The van der Waals surface area contributed by atoms with E-state index in [2.05, 4.69) is 0 Å². The molecule has 0 aliphatic carbocycles. The van der Waals surface area contributed by atoms with Crippen LogP contribution in [0.3, 0.4) is 0 Å². The van der Waals surface area contributed by atoms with E-state index in [1.54, 1.807) is 0 Å². The average molecular weight is 277 g/mol. The lowest BCUT2D eigenvalue weighted by Gasteiger charge is -2.34. The van der Waals surface area contributed by atoms with Gasteiger partial charge >= 0.3 is 0 Å². The second-order valence-corrected chi connectivity index (χ2v) is 5.27. The Bertz CT molecular complexity index is 453. The van der Waals surface area contributed by atoms with Crippen molar-refractivity contribution in [3.63, 3.8) is 0 Å². The molecule has 0 amide bonds. The molecular weight excluding hydrogens is 254 g/mol. The van der Waals surface area contributed by atoms with Gasteiger partial charge in [0, 0.05) is 19.8 Å². The second-order valence-electron chi connectivity index (χ2n) is 5.27. The molecule has 0 atom stereocenters.